The van der Waals surface area contributed by atoms with Crippen molar-refractivity contribution in [1.29, 1.82) is 0 Å². The zero-order valence-electron chi connectivity index (χ0n) is 50.2. The second-order valence-electron chi connectivity index (χ2n) is 20.9. The summed E-state index contributed by atoms with van der Waals surface area (Å²) in [5, 5.41) is 0. The Labute approximate surface area is 475 Å². The van der Waals surface area contributed by atoms with Gasteiger partial charge in [-0.25, -0.2) is 0 Å². The standard InChI is InChI=1S/C71H118O6/c1-4-7-10-13-16-19-22-25-28-30-32-34-35-37-38-40-43-46-49-52-55-58-61-64-70(73)76-67-68(66-75-69(72)63-60-57-54-51-48-45-42-27-24-21-18-15-12-9-6-3)77-71(74)65-62-59-56-53-50-47-44-41-39-36-33-31-29-26-23-20-17-14-11-8-5-2/h7,10,16,18-19,21,23,25-28,31-34,37-38,42-43,46,68H,4-6,8-9,11-15,17,20,22,24,29-30,35-36,39-41,44-45,47-67H2,1-3H3/b10-7-,19-16-,21-18-,26-23-,28-25-,33-31-,34-32-,38-37-,42-27-,46-43-. The second kappa shape index (κ2) is 64.3. The Hall–Kier alpha value is -4.19. The highest BCUT2D eigenvalue weighted by atomic mass is 16.6. The number of hydrogen-bond acceptors (Lipinski definition) is 6. The molecule has 0 saturated heterocycles. The molecule has 0 heterocycles. The summed E-state index contributed by atoms with van der Waals surface area (Å²) in [6.45, 7) is 6.47. The lowest BCUT2D eigenvalue weighted by Gasteiger charge is -2.18. The number of carbonyl (C=O) groups is 3. The molecule has 1 unspecified atom stereocenters. The molecule has 0 aliphatic carbocycles. The average molecular weight is 1070 g/mol. The summed E-state index contributed by atoms with van der Waals surface area (Å²) in [5.41, 5.74) is 0. The van der Waals surface area contributed by atoms with E-state index in [-0.39, 0.29) is 31.1 Å². The van der Waals surface area contributed by atoms with Crippen molar-refractivity contribution in [2.45, 2.75) is 297 Å². The molecule has 0 N–H and O–H groups in total. The minimum absolute atomic E-state index is 0.0976. The van der Waals surface area contributed by atoms with Crippen LogP contribution in [0.5, 0.6) is 0 Å². The molecule has 0 aliphatic heterocycles. The molecule has 0 aromatic rings. The number of carbonyl (C=O) groups excluding carboxylic acids is 3. The molecule has 0 aromatic carbocycles. The van der Waals surface area contributed by atoms with Gasteiger partial charge in [-0.15, -0.1) is 0 Å². The fraction of sp³-hybridized carbons (Fsp3) is 0.676. The fourth-order valence-electron chi connectivity index (χ4n) is 8.62. The maximum atomic E-state index is 12.9. The van der Waals surface area contributed by atoms with Crippen LogP contribution < -0.4 is 0 Å². The first-order valence-electron chi connectivity index (χ1n) is 32.0. The van der Waals surface area contributed by atoms with E-state index in [4.69, 9.17) is 14.2 Å². The Morgan fingerprint density at radius 1 is 0.273 bits per heavy atom. The van der Waals surface area contributed by atoms with Gasteiger partial charge in [-0.05, 0) is 135 Å². The lowest BCUT2D eigenvalue weighted by Crippen LogP contribution is -2.30. The second-order valence-corrected chi connectivity index (χ2v) is 20.9. The van der Waals surface area contributed by atoms with Gasteiger partial charge < -0.3 is 14.2 Å². The van der Waals surface area contributed by atoms with Crippen LogP contribution in [0.25, 0.3) is 0 Å². The number of unbranched alkanes of at least 4 members (excludes halogenated alkanes) is 26. The van der Waals surface area contributed by atoms with E-state index in [1.807, 2.05) is 0 Å². The first kappa shape index (κ1) is 72.8. The lowest BCUT2D eigenvalue weighted by atomic mass is 10.1. The molecular weight excluding hydrogens is 949 g/mol. The molecule has 0 aliphatic rings. The maximum absolute atomic E-state index is 12.9. The summed E-state index contributed by atoms with van der Waals surface area (Å²) in [6.07, 6.45) is 89.1. The molecular formula is C71H118O6. The largest absolute Gasteiger partial charge is 0.462 e. The van der Waals surface area contributed by atoms with Gasteiger partial charge in [0, 0.05) is 19.3 Å². The third-order valence-corrected chi connectivity index (χ3v) is 13.4. The van der Waals surface area contributed by atoms with Gasteiger partial charge in [0.15, 0.2) is 6.10 Å². The monoisotopic (exact) mass is 1070 g/mol. The van der Waals surface area contributed by atoms with Crippen molar-refractivity contribution in [2.75, 3.05) is 13.2 Å². The molecule has 0 fully saturated rings. The molecule has 6 nitrogen and oxygen atoms in total. The van der Waals surface area contributed by atoms with Crippen LogP contribution in [0.15, 0.2) is 122 Å². The predicted octanol–water partition coefficient (Wildman–Crippen LogP) is 22.0. The van der Waals surface area contributed by atoms with Crippen molar-refractivity contribution in [3.8, 4) is 0 Å². The summed E-state index contributed by atoms with van der Waals surface area (Å²) in [5.74, 6) is -0.935. The molecule has 77 heavy (non-hydrogen) atoms. The van der Waals surface area contributed by atoms with E-state index in [0.29, 0.717) is 19.3 Å². The third-order valence-electron chi connectivity index (χ3n) is 13.4. The van der Waals surface area contributed by atoms with Crippen LogP contribution in [0, 0.1) is 0 Å². The van der Waals surface area contributed by atoms with Gasteiger partial charge in [0.05, 0.1) is 0 Å². The fourth-order valence-corrected chi connectivity index (χ4v) is 8.62. The average Bonchev–Trinajstić information content (AvgIpc) is 3.43. The summed E-state index contributed by atoms with van der Waals surface area (Å²) >= 11 is 0. The zero-order valence-corrected chi connectivity index (χ0v) is 50.2. The van der Waals surface area contributed by atoms with Gasteiger partial charge in [-0.3, -0.25) is 14.4 Å². The maximum Gasteiger partial charge on any atom is 0.306 e. The molecule has 0 radical (unpaired) electrons. The Balaban J connectivity index is 4.46. The Morgan fingerprint density at radius 3 is 0.818 bits per heavy atom. The first-order chi connectivity index (χ1) is 38.0. The van der Waals surface area contributed by atoms with Crippen molar-refractivity contribution in [3.63, 3.8) is 0 Å². The molecule has 0 amide bonds. The molecule has 0 aromatic heterocycles. The minimum atomic E-state index is -0.802. The van der Waals surface area contributed by atoms with Crippen LogP contribution >= 0.6 is 0 Å². The Bertz CT molecular complexity index is 1600. The van der Waals surface area contributed by atoms with Crippen LogP contribution in [-0.2, 0) is 28.6 Å². The van der Waals surface area contributed by atoms with Crippen molar-refractivity contribution < 1.29 is 28.6 Å². The van der Waals surface area contributed by atoms with E-state index >= 15 is 0 Å². The Morgan fingerprint density at radius 2 is 0.506 bits per heavy atom. The van der Waals surface area contributed by atoms with Gasteiger partial charge in [0.25, 0.3) is 0 Å². The smallest absolute Gasteiger partial charge is 0.306 e. The van der Waals surface area contributed by atoms with Crippen molar-refractivity contribution in [2.24, 2.45) is 0 Å². The highest BCUT2D eigenvalue weighted by molar-refractivity contribution is 5.71. The van der Waals surface area contributed by atoms with E-state index in [1.165, 1.54) is 109 Å². The number of allylic oxidation sites excluding steroid dienone is 20. The molecule has 0 bridgehead atoms. The lowest BCUT2D eigenvalue weighted by molar-refractivity contribution is -0.167. The van der Waals surface area contributed by atoms with Crippen molar-refractivity contribution >= 4 is 17.9 Å². The van der Waals surface area contributed by atoms with E-state index in [1.54, 1.807) is 0 Å². The van der Waals surface area contributed by atoms with Crippen molar-refractivity contribution in [1.82, 2.24) is 0 Å². The summed E-state index contributed by atoms with van der Waals surface area (Å²) in [4.78, 5) is 38.3. The Kier molecular flexibility index (Phi) is 60.8. The summed E-state index contributed by atoms with van der Waals surface area (Å²) in [7, 11) is 0. The molecule has 0 rings (SSSR count). The first-order valence-corrected chi connectivity index (χ1v) is 32.0. The van der Waals surface area contributed by atoms with E-state index in [0.717, 1.165) is 141 Å². The SMILES string of the molecule is CC/C=C\C/C=C\C/C=C\C/C=C\C/C=C\C/C=C\CCCCCCC(=O)OCC(COC(=O)CCCCCCC/C=C\C/C=C\CCCCC)OC(=O)CCCCCCCCCCC/C=C\C/C=C\CCCCCCC. The van der Waals surface area contributed by atoms with Gasteiger partial charge in [-0.1, -0.05) is 258 Å². The normalized spacial score (nSPS) is 12.9. The molecule has 438 valence electrons. The van der Waals surface area contributed by atoms with Crippen LogP contribution in [0.1, 0.15) is 290 Å². The van der Waals surface area contributed by atoms with Gasteiger partial charge in [0.2, 0.25) is 0 Å². The van der Waals surface area contributed by atoms with Crippen molar-refractivity contribution in [3.05, 3.63) is 122 Å². The molecule has 1 atom stereocenters. The molecule has 6 heteroatoms. The molecule has 0 spiro atoms. The number of hydrogen-bond donors (Lipinski definition) is 0. The molecule has 0 saturated carbocycles. The van der Waals surface area contributed by atoms with E-state index < -0.39 is 6.10 Å². The topological polar surface area (TPSA) is 78.9 Å². The summed E-state index contributed by atoms with van der Waals surface area (Å²) < 4.78 is 16.9. The highest BCUT2D eigenvalue weighted by Crippen LogP contribution is 2.15. The van der Waals surface area contributed by atoms with Gasteiger partial charge in [-0.2, -0.15) is 0 Å². The van der Waals surface area contributed by atoms with Crippen LogP contribution in [-0.4, -0.2) is 37.2 Å². The third kappa shape index (κ3) is 62.5. The van der Waals surface area contributed by atoms with Gasteiger partial charge >= 0.3 is 17.9 Å². The number of ether oxygens (including phenoxy) is 3. The van der Waals surface area contributed by atoms with Gasteiger partial charge in [0.1, 0.15) is 13.2 Å². The van der Waals surface area contributed by atoms with E-state index in [2.05, 4.69) is 142 Å². The summed E-state index contributed by atoms with van der Waals surface area (Å²) in [6, 6.07) is 0. The van der Waals surface area contributed by atoms with Crippen LogP contribution in [0.3, 0.4) is 0 Å². The predicted molar refractivity (Wildman–Crippen MR) is 334 cm³/mol. The van der Waals surface area contributed by atoms with Crippen LogP contribution in [0.4, 0.5) is 0 Å². The highest BCUT2D eigenvalue weighted by Gasteiger charge is 2.19. The van der Waals surface area contributed by atoms with E-state index in [9.17, 15) is 14.4 Å². The quantitative estimate of drug-likeness (QED) is 0.0261. The van der Waals surface area contributed by atoms with Crippen LogP contribution in [0.2, 0.25) is 0 Å². The number of esters is 3. The zero-order chi connectivity index (χ0) is 55.7. The minimum Gasteiger partial charge on any atom is -0.462 e. The number of rotatable bonds is 57.